The SMILES string of the molecule is CC(C)(C)OC(=O)N1CCCC[C@H]1C(=O)NCCO. The van der Waals surface area contributed by atoms with Gasteiger partial charge >= 0.3 is 6.09 Å². The summed E-state index contributed by atoms with van der Waals surface area (Å²) in [6.45, 7) is 6.04. The summed E-state index contributed by atoms with van der Waals surface area (Å²) in [5.74, 6) is -0.223. The van der Waals surface area contributed by atoms with Gasteiger partial charge in [0.05, 0.1) is 6.61 Å². The van der Waals surface area contributed by atoms with E-state index in [0.717, 1.165) is 12.8 Å². The molecule has 1 rings (SSSR count). The molecule has 0 aromatic heterocycles. The number of carbonyl (C=O) groups is 2. The van der Waals surface area contributed by atoms with E-state index in [0.29, 0.717) is 13.0 Å². The Morgan fingerprint density at radius 3 is 2.63 bits per heavy atom. The Balaban J connectivity index is 2.66. The number of likely N-dealkylation sites (tertiary alicyclic amines) is 1. The Morgan fingerprint density at radius 2 is 2.05 bits per heavy atom. The Labute approximate surface area is 114 Å². The molecule has 0 spiro atoms. The molecule has 6 heteroatoms. The topological polar surface area (TPSA) is 78.9 Å². The number of aliphatic hydroxyl groups excluding tert-OH is 1. The Hall–Kier alpha value is -1.30. The predicted molar refractivity (Wildman–Crippen MR) is 70.7 cm³/mol. The first-order chi connectivity index (χ1) is 8.85. The number of ether oxygens (including phenoxy) is 1. The number of amides is 2. The fraction of sp³-hybridized carbons (Fsp3) is 0.846. The van der Waals surface area contributed by atoms with Crippen LogP contribution < -0.4 is 5.32 Å². The van der Waals surface area contributed by atoms with Crippen LogP contribution in [0.15, 0.2) is 0 Å². The third-order valence-corrected chi connectivity index (χ3v) is 2.84. The predicted octanol–water partition coefficient (Wildman–Crippen LogP) is 0.885. The van der Waals surface area contributed by atoms with E-state index < -0.39 is 17.7 Å². The highest BCUT2D eigenvalue weighted by Gasteiger charge is 2.34. The summed E-state index contributed by atoms with van der Waals surface area (Å²) in [5.41, 5.74) is -0.569. The number of aliphatic hydroxyl groups is 1. The van der Waals surface area contributed by atoms with Crippen molar-refractivity contribution in [3.63, 3.8) is 0 Å². The molecule has 0 radical (unpaired) electrons. The van der Waals surface area contributed by atoms with Gasteiger partial charge in [0.1, 0.15) is 11.6 Å². The Kier molecular flexibility index (Phi) is 5.60. The van der Waals surface area contributed by atoms with E-state index >= 15 is 0 Å². The first-order valence-corrected chi connectivity index (χ1v) is 6.73. The largest absolute Gasteiger partial charge is 0.444 e. The zero-order chi connectivity index (χ0) is 14.5. The molecule has 1 saturated heterocycles. The minimum atomic E-state index is -0.569. The molecule has 0 unspecified atom stereocenters. The van der Waals surface area contributed by atoms with E-state index in [1.165, 1.54) is 4.90 Å². The van der Waals surface area contributed by atoms with E-state index in [1.54, 1.807) is 20.8 Å². The molecule has 1 heterocycles. The molecule has 1 aliphatic rings. The maximum absolute atomic E-state index is 12.1. The molecular weight excluding hydrogens is 248 g/mol. The number of hydrogen-bond donors (Lipinski definition) is 2. The second-order valence-electron chi connectivity index (χ2n) is 5.70. The summed E-state index contributed by atoms with van der Waals surface area (Å²) in [4.78, 5) is 25.5. The first-order valence-electron chi connectivity index (χ1n) is 6.73. The molecule has 1 aliphatic heterocycles. The van der Waals surface area contributed by atoms with Crippen LogP contribution in [0.5, 0.6) is 0 Å². The van der Waals surface area contributed by atoms with Crippen LogP contribution in [-0.2, 0) is 9.53 Å². The molecule has 0 aromatic rings. The first kappa shape index (κ1) is 15.8. The van der Waals surface area contributed by atoms with Gasteiger partial charge in [-0.2, -0.15) is 0 Å². The van der Waals surface area contributed by atoms with E-state index in [4.69, 9.17) is 9.84 Å². The van der Waals surface area contributed by atoms with Gasteiger partial charge in [-0.15, -0.1) is 0 Å². The standard InChI is InChI=1S/C13H24N2O4/c1-13(2,3)19-12(18)15-8-5-4-6-10(15)11(17)14-7-9-16/h10,16H,4-9H2,1-3H3,(H,14,17)/t10-/m0/s1. The molecule has 19 heavy (non-hydrogen) atoms. The van der Waals surface area contributed by atoms with Gasteiger partial charge in [0.25, 0.3) is 0 Å². The van der Waals surface area contributed by atoms with Crippen LogP contribution in [0.25, 0.3) is 0 Å². The number of carbonyl (C=O) groups excluding carboxylic acids is 2. The summed E-state index contributed by atoms with van der Waals surface area (Å²) in [5, 5.41) is 11.3. The van der Waals surface area contributed by atoms with Crippen molar-refractivity contribution in [3.8, 4) is 0 Å². The van der Waals surface area contributed by atoms with Crippen molar-refractivity contribution in [1.82, 2.24) is 10.2 Å². The third kappa shape index (κ3) is 5.06. The molecule has 0 aliphatic carbocycles. The molecule has 6 nitrogen and oxygen atoms in total. The van der Waals surface area contributed by atoms with Crippen molar-refractivity contribution >= 4 is 12.0 Å². The van der Waals surface area contributed by atoms with Crippen LogP contribution in [0.4, 0.5) is 4.79 Å². The molecule has 0 aromatic carbocycles. The number of rotatable bonds is 3. The molecule has 1 atom stereocenters. The molecular formula is C13H24N2O4. The van der Waals surface area contributed by atoms with E-state index in [2.05, 4.69) is 5.32 Å². The smallest absolute Gasteiger partial charge is 0.410 e. The molecule has 0 saturated carbocycles. The van der Waals surface area contributed by atoms with E-state index in [9.17, 15) is 9.59 Å². The summed E-state index contributed by atoms with van der Waals surface area (Å²) < 4.78 is 5.32. The molecule has 2 N–H and O–H groups in total. The highest BCUT2D eigenvalue weighted by molar-refractivity contribution is 5.85. The Bertz CT molecular complexity index is 325. The highest BCUT2D eigenvalue weighted by Crippen LogP contribution is 2.20. The van der Waals surface area contributed by atoms with Crippen LogP contribution in [-0.4, -0.2) is 53.3 Å². The summed E-state index contributed by atoms with van der Waals surface area (Å²) in [6, 6.07) is -0.491. The van der Waals surface area contributed by atoms with Crippen molar-refractivity contribution < 1.29 is 19.4 Å². The van der Waals surface area contributed by atoms with E-state index in [-0.39, 0.29) is 19.1 Å². The highest BCUT2D eigenvalue weighted by atomic mass is 16.6. The maximum atomic E-state index is 12.1. The molecule has 2 amide bonds. The van der Waals surface area contributed by atoms with Gasteiger partial charge in [0.2, 0.25) is 5.91 Å². The molecule has 110 valence electrons. The van der Waals surface area contributed by atoms with Gasteiger partial charge in [-0.1, -0.05) is 0 Å². The minimum Gasteiger partial charge on any atom is -0.444 e. The number of nitrogens with one attached hydrogen (secondary N) is 1. The van der Waals surface area contributed by atoms with Crippen molar-refractivity contribution in [2.75, 3.05) is 19.7 Å². The van der Waals surface area contributed by atoms with Crippen molar-refractivity contribution in [3.05, 3.63) is 0 Å². The Morgan fingerprint density at radius 1 is 1.37 bits per heavy atom. The lowest BCUT2D eigenvalue weighted by Crippen LogP contribution is -2.53. The van der Waals surface area contributed by atoms with Crippen LogP contribution in [0.3, 0.4) is 0 Å². The lowest BCUT2D eigenvalue weighted by molar-refractivity contribution is -0.127. The van der Waals surface area contributed by atoms with Crippen LogP contribution in [0, 0.1) is 0 Å². The van der Waals surface area contributed by atoms with Crippen molar-refractivity contribution in [2.45, 2.75) is 51.7 Å². The summed E-state index contributed by atoms with van der Waals surface area (Å²) >= 11 is 0. The lowest BCUT2D eigenvalue weighted by Gasteiger charge is -2.35. The maximum Gasteiger partial charge on any atom is 0.410 e. The quantitative estimate of drug-likeness (QED) is 0.799. The average Bonchev–Trinajstić information content (AvgIpc) is 2.34. The second kappa shape index (κ2) is 6.75. The monoisotopic (exact) mass is 272 g/mol. The minimum absolute atomic E-state index is 0.106. The fourth-order valence-electron chi connectivity index (χ4n) is 2.04. The molecule has 0 bridgehead atoms. The second-order valence-corrected chi connectivity index (χ2v) is 5.70. The summed E-state index contributed by atoms with van der Waals surface area (Å²) in [7, 11) is 0. The van der Waals surface area contributed by atoms with Gasteiger partial charge in [0, 0.05) is 13.1 Å². The number of hydrogen-bond acceptors (Lipinski definition) is 4. The van der Waals surface area contributed by atoms with Crippen LogP contribution in [0.1, 0.15) is 40.0 Å². The lowest BCUT2D eigenvalue weighted by atomic mass is 10.0. The van der Waals surface area contributed by atoms with Gasteiger partial charge in [0.15, 0.2) is 0 Å². The summed E-state index contributed by atoms with van der Waals surface area (Å²) in [6.07, 6.45) is 1.98. The molecule has 1 fully saturated rings. The van der Waals surface area contributed by atoms with Crippen LogP contribution >= 0.6 is 0 Å². The van der Waals surface area contributed by atoms with Gasteiger partial charge in [-0.05, 0) is 40.0 Å². The number of piperidine rings is 1. The van der Waals surface area contributed by atoms with Gasteiger partial charge in [-0.3, -0.25) is 9.69 Å². The van der Waals surface area contributed by atoms with Gasteiger partial charge < -0.3 is 15.2 Å². The normalized spacial score (nSPS) is 20.0. The van der Waals surface area contributed by atoms with E-state index in [1.807, 2.05) is 0 Å². The van der Waals surface area contributed by atoms with Crippen LogP contribution in [0.2, 0.25) is 0 Å². The number of nitrogens with zero attached hydrogens (tertiary/aromatic N) is 1. The van der Waals surface area contributed by atoms with Crippen molar-refractivity contribution in [1.29, 1.82) is 0 Å². The third-order valence-electron chi connectivity index (χ3n) is 2.84. The zero-order valence-corrected chi connectivity index (χ0v) is 11.9. The average molecular weight is 272 g/mol. The van der Waals surface area contributed by atoms with Gasteiger partial charge in [-0.25, -0.2) is 4.79 Å². The zero-order valence-electron chi connectivity index (χ0n) is 11.9. The fourth-order valence-corrected chi connectivity index (χ4v) is 2.04. The van der Waals surface area contributed by atoms with Crippen molar-refractivity contribution in [2.24, 2.45) is 0 Å².